The molecule has 2 aromatic carbocycles. The Morgan fingerprint density at radius 1 is 1.16 bits per heavy atom. The van der Waals surface area contributed by atoms with Crippen LogP contribution in [0, 0.1) is 6.92 Å². The fourth-order valence-electron chi connectivity index (χ4n) is 4.16. The Balaban J connectivity index is 1.52. The van der Waals surface area contributed by atoms with Crippen molar-refractivity contribution in [2.75, 3.05) is 18.4 Å². The molecule has 172 valence electrons. The van der Waals surface area contributed by atoms with E-state index in [0.29, 0.717) is 18.9 Å². The van der Waals surface area contributed by atoms with Gasteiger partial charge >= 0.3 is 12.3 Å². The predicted molar refractivity (Wildman–Crippen MR) is 115 cm³/mol. The lowest BCUT2D eigenvalue weighted by molar-refractivity contribution is -0.138. The zero-order chi connectivity index (χ0) is 23.3. The number of anilines is 1. The molecular formula is C21H20BrF3N2O4S. The quantitative estimate of drug-likeness (QED) is 0.573. The molecule has 0 aromatic heterocycles. The fraction of sp³-hybridized carbons (Fsp3) is 0.381. The van der Waals surface area contributed by atoms with E-state index in [4.69, 9.17) is 4.74 Å². The van der Waals surface area contributed by atoms with Gasteiger partial charge in [0.15, 0.2) is 0 Å². The van der Waals surface area contributed by atoms with Crippen molar-refractivity contribution in [3.63, 3.8) is 0 Å². The first-order chi connectivity index (χ1) is 15.0. The van der Waals surface area contributed by atoms with Crippen LogP contribution in [0.5, 0.6) is 0 Å². The summed E-state index contributed by atoms with van der Waals surface area (Å²) >= 11 is 2.84. The van der Waals surface area contributed by atoms with Crippen LogP contribution in [-0.2, 0) is 27.5 Å². The minimum atomic E-state index is -4.66. The zero-order valence-electron chi connectivity index (χ0n) is 17.0. The lowest BCUT2D eigenvalue weighted by Crippen LogP contribution is -2.38. The van der Waals surface area contributed by atoms with E-state index in [0.717, 1.165) is 28.4 Å². The monoisotopic (exact) mass is 532 g/mol. The second kappa shape index (κ2) is 8.35. The number of halogens is 4. The second-order valence-corrected chi connectivity index (χ2v) is 10.7. The molecule has 1 N–H and O–H groups in total. The predicted octanol–water partition coefficient (Wildman–Crippen LogP) is 5.41. The number of amides is 1. The summed E-state index contributed by atoms with van der Waals surface area (Å²) in [6.45, 7) is 2.47. The molecule has 0 radical (unpaired) electrons. The van der Waals surface area contributed by atoms with Gasteiger partial charge in [0.1, 0.15) is 6.61 Å². The van der Waals surface area contributed by atoms with Crippen molar-refractivity contribution in [3.05, 3.63) is 57.1 Å². The molecule has 6 nitrogen and oxygen atoms in total. The normalized spacial score (nSPS) is 18.1. The highest BCUT2D eigenvalue weighted by molar-refractivity contribution is 9.10. The van der Waals surface area contributed by atoms with Crippen molar-refractivity contribution in [2.45, 2.75) is 43.4 Å². The lowest BCUT2D eigenvalue weighted by atomic mass is 9.87. The van der Waals surface area contributed by atoms with Gasteiger partial charge in [-0.25, -0.2) is 13.2 Å². The van der Waals surface area contributed by atoms with E-state index in [9.17, 15) is 26.4 Å². The second-order valence-electron chi connectivity index (χ2n) is 7.89. The van der Waals surface area contributed by atoms with E-state index in [1.165, 1.54) is 10.4 Å². The molecule has 1 fully saturated rings. The molecule has 2 aromatic rings. The minimum absolute atomic E-state index is 0.0960. The maximum Gasteiger partial charge on any atom is 0.417 e. The van der Waals surface area contributed by atoms with Gasteiger partial charge < -0.3 is 4.74 Å². The standard InChI is InChI=1S/C21H20BrF3N2O4S/c1-12-8-14(9-15-11-31-20(28)26-19(12)15)13-4-6-27(7-5-13)32(29,30)16-2-3-18(22)17(10-16)21(23,24)25/h2-3,8-10,13H,4-7,11H2,1H3,(H,26,28). The van der Waals surface area contributed by atoms with E-state index in [-0.39, 0.29) is 35.0 Å². The molecule has 0 saturated carbocycles. The zero-order valence-corrected chi connectivity index (χ0v) is 19.4. The summed E-state index contributed by atoms with van der Waals surface area (Å²) in [5.41, 5.74) is 2.51. The average molecular weight is 533 g/mol. The van der Waals surface area contributed by atoms with Crippen molar-refractivity contribution < 1.29 is 31.1 Å². The van der Waals surface area contributed by atoms with Gasteiger partial charge in [-0.1, -0.05) is 28.1 Å². The van der Waals surface area contributed by atoms with E-state index < -0.39 is 27.9 Å². The van der Waals surface area contributed by atoms with Crippen LogP contribution in [0.15, 0.2) is 39.7 Å². The van der Waals surface area contributed by atoms with Gasteiger partial charge in [0, 0.05) is 23.1 Å². The first-order valence-electron chi connectivity index (χ1n) is 9.91. The number of fused-ring (bicyclic) bond motifs is 1. The van der Waals surface area contributed by atoms with Crippen molar-refractivity contribution in [2.24, 2.45) is 0 Å². The van der Waals surface area contributed by atoms with E-state index in [1.807, 2.05) is 19.1 Å². The average Bonchev–Trinajstić information content (AvgIpc) is 2.73. The van der Waals surface area contributed by atoms with Crippen molar-refractivity contribution >= 4 is 37.7 Å². The Bertz CT molecular complexity index is 1180. The molecule has 1 amide bonds. The largest absolute Gasteiger partial charge is 0.444 e. The third kappa shape index (κ3) is 4.38. The maximum atomic E-state index is 13.2. The first-order valence-corrected chi connectivity index (χ1v) is 12.1. The number of hydrogen-bond donors (Lipinski definition) is 1. The number of benzene rings is 2. The van der Waals surface area contributed by atoms with Gasteiger partial charge in [0.05, 0.1) is 16.1 Å². The van der Waals surface area contributed by atoms with Crippen LogP contribution in [0.1, 0.15) is 41.0 Å². The molecule has 0 unspecified atom stereocenters. The molecule has 0 spiro atoms. The summed E-state index contributed by atoms with van der Waals surface area (Å²) < 4.78 is 71.6. The lowest BCUT2D eigenvalue weighted by Gasteiger charge is -2.32. The van der Waals surface area contributed by atoms with Crippen LogP contribution >= 0.6 is 15.9 Å². The Morgan fingerprint density at radius 3 is 2.50 bits per heavy atom. The highest BCUT2D eigenvalue weighted by Crippen LogP contribution is 2.38. The van der Waals surface area contributed by atoms with Crippen LogP contribution in [0.2, 0.25) is 0 Å². The minimum Gasteiger partial charge on any atom is -0.444 e. The molecule has 1 saturated heterocycles. The molecular weight excluding hydrogens is 513 g/mol. The fourth-order valence-corrected chi connectivity index (χ4v) is 6.13. The number of carbonyl (C=O) groups is 1. The topological polar surface area (TPSA) is 75.7 Å². The van der Waals surface area contributed by atoms with Crippen LogP contribution in [-0.4, -0.2) is 31.9 Å². The number of sulfonamides is 1. The molecule has 0 atom stereocenters. The Kier molecular flexibility index (Phi) is 6.01. The van der Waals surface area contributed by atoms with Gasteiger partial charge in [-0.3, -0.25) is 5.32 Å². The molecule has 2 aliphatic rings. The third-order valence-corrected chi connectivity index (χ3v) is 8.42. The molecule has 32 heavy (non-hydrogen) atoms. The number of rotatable bonds is 3. The van der Waals surface area contributed by atoms with Crippen LogP contribution < -0.4 is 5.32 Å². The highest BCUT2D eigenvalue weighted by Gasteiger charge is 2.36. The summed E-state index contributed by atoms with van der Waals surface area (Å²) in [7, 11) is -4.05. The summed E-state index contributed by atoms with van der Waals surface area (Å²) in [5.74, 6) is 0.0960. The van der Waals surface area contributed by atoms with Crippen molar-refractivity contribution in [1.29, 1.82) is 0 Å². The molecule has 2 heterocycles. The van der Waals surface area contributed by atoms with E-state index in [1.54, 1.807) is 0 Å². The Hall–Kier alpha value is -2.11. The smallest absolute Gasteiger partial charge is 0.417 e. The van der Waals surface area contributed by atoms with Crippen molar-refractivity contribution in [1.82, 2.24) is 4.31 Å². The molecule has 4 rings (SSSR count). The van der Waals surface area contributed by atoms with Gasteiger partial charge in [-0.05, 0) is 55.0 Å². The number of alkyl halides is 3. The molecule has 2 aliphatic heterocycles. The molecule has 0 aliphatic carbocycles. The summed E-state index contributed by atoms with van der Waals surface area (Å²) in [6.07, 6.45) is -4.08. The van der Waals surface area contributed by atoms with Gasteiger partial charge in [-0.15, -0.1) is 0 Å². The first kappa shape index (κ1) is 23.1. The van der Waals surface area contributed by atoms with Gasteiger partial charge in [0.25, 0.3) is 0 Å². The number of hydrogen-bond acceptors (Lipinski definition) is 4. The highest BCUT2D eigenvalue weighted by atomic mass is 79.9. The Morgan fingerprint density at radius 2 is 1.84 bits per heavy atom. The number of aryl methyl sites for hydroxylation is 1. The molecule has 11 heteroatoms. The van der Waals surface area contributed by atoms with Crippen molar-refractivity contribution in [3.8, 4) is 0 Å². The Labute approximate surface area is 191 Å². The van der Waals surface area contributed by atoms with E-state index >= 15 is 0 Å². The summed E-state index contributed by atoms with van der Waals surface area (Å²) in [5, 5.41) is 2.69. The van der Waals surface area contributed by atoms with Crippen LogP contribution in [0.4, 0.5) is 23.7 Å². The maximum absolute atomic E-state index is 13.2. The SMILES string of the molecule is Cc1cc(C2CCN(S(=O)(=O)c3ccc(Br)c(C(F)(F)F)c3)CC2)cc2c1NC(=O)OC2. The third-order valence-electron chi connectivity index (χ3n) is 5.83. The number of carbonyl (C=O) groups excluding carboxylic acids is 1. The summed E-state index contributed by atoms with van der Waals surface area (Å²) in [4.78, 5) is 11.1. The molecule has 0 bridgehead atoms. The number of nitrogens with zero attached hydrogens (tertiary/aromatic N) is 1. The van der Waals surface area contributed by atoms with Crippen LogP contribution in [0.3, 0.4) is 0 Å². The van der Waals surface area contributed by atoms with E-state index in [2.05, 4.69) is 21.2 Å². The number of ether oxygens (including phenoxy) is 1. The number of cyclic esters (lactones) is 1. The number of piperidine rings is 1. The van der Waals surface area contributed by atoms with Gasteiger partial charge in [0.2, 0.25) is 10.0 Å². The van der Waals surface area contributed by atoms with Crippen LogP contribution in [0.25, 0.3) is 0 Å². The summed E-state index contributed by atoms with van der Waals surface area (Å²) in [6, 6.07) is 6.90. The number of nitrogens with one attached hydrogen (secondary N) is 1. The van der Waals surface area contributed by atoms with Gasteiger partial charge in [-0.2, -0.15) is 17.5 Å².